The first-order chi connectivity index (χ1) is 9.20. The maximum absolute atomic E-state index is 6.10. The lowest BCUT2D eigenvalue weighted by Crippen LogP contribution is -2.18. The molecule has 0 fully saturated rings. The van der Waals surface area contributed by atoms with E-state index in [1.807, 2.05) is 18.2 Å². The van der Waals surface area contributed by atoms with E-state index in [0.717, 1.165) is 17.9 Å². The summed E-state index contributed by atoms with van der Waals surface area (Å²) in [4.78, 5) is 4.07. The van der Waals surface area contributed by atoms with Crippen molar-refractivity contribution < 1.29 is 4.74 Å². The van der Waals surface area contributed by atoms with Gasteiger partial charge in [-0.1, -0.05) is 29.8 Å². The molecule has 2 aromatic rings. The zero-order valence-electron chi connectivity index (χ0n) is 11.1. The van der Waals surface area contributed by atoms with Crippen LogP contribution in [-0.4, -0.2) is 18.1 Å². The minimum Gasteiger partial charge on any atom is -0.496 e. The van der Waals surface area contributed by atoms with E-state index in [4.69, 9.17) is 16.3 Å². The average molecular weight is 277 g/mol. The van der Waals surface area contributed by atoms with Crippen molar-refractivity contribution in [2.24, 2.45) is 0 Å². The van der Waals surface area contributed by atoms with Crippen LogP contribution in [0.2, 0.25) is 5.02 Å². The third kappa shape index (κ3) is 3.61. The van der Waals surface area contributed by atoms with Crippen molar-refractivity contribution >= 4 is 17.3 Å². The highest BCUT2D eigenvalue weighted by Gasteiger charge is 2.09. The second-order valence-corrected chi connectivity index (χ2v) is 4.82. The fourth-order valence-electron chi connectivity index (χ4n) is 2.00. The van der Waals surface area contributed by atoms with Crippen molar-refractivity contribution in [3.8, 4) is 5.75 Å². The Balaban J connectivity index is 2.05. The predicted octanol–water partition coefficient (Wildman–Crippen LogP) is 3.79. The topological polar surface area (TPSA) is 34.1 Å². The number of methoxy groups -OCH3 is 1. The summed E-state index contributed by atoms with van der Waals surface area (Å²) in [6.07, 6.45) is 4.27. The van der Waals surface area contributed by atoms with Crippen molar-refractivity contribution in [2.75, 3.05) is 12.4 Å². The van der Waals surface area contributed by atoms with Crippen LogP contribution in [0.5, 0.6) is 5.75 Å². The number of anilines is 1. The monoisotopic (exact) mass is 276 g/mol. The Bertz CT molecular complexity index is 545. The van der Waals surface area contributed by atoms with Crippen molar-refractivity contribution in [1.82, 2.24) is 4.98 Å². The number of pyridine rings is 1. The summed E-state index contributed by atoms with van der Waals surface area (Å²) in [5.74, 6) is 0.911. The normalized spacial score (nSPS) is 11.9. The number of rotatable bonds is 5. The summed E-state index contributed by atoms with van der Waals surface area (Å²) in [6, 6.07) is 10.0. The van der Waals surface area contributed by atoms with Gasteiger partial charge in [0, 0.05) is 12.2 Å². The summed E-state index contributed by atoms with van der Waals surface area (Å²) in [7, 11) is 1.69. The minimum atomic E-state index is 0.234. The molecular weight excluding hydrogens is 260 g/mol. The van der Waals surface area contributed by atoms with Crippen LogP contribution in [0.15, 0.2) is 42.7 Å². The molecule has 1 unspecified atom stereocenters. The molecule has 0 saturated carbocycles. The lowest BCUT2D eigenvalue weighted by molar-refractivity contribution is 0.409. The fraction of sp³-hybridized carbons (Fsp3) is 0.267. The standard InChI is InChI=1S/C15H17ClN2O/c1-11(18-14-10-17-8-7-13(14)16)9-12-5-3-4-6-15(12)19-2/h3-8,10-11,18H,9H2,1-2H3. The first kappa shape index (κ1) is 13.7. The van der Waals surface area contributed by atoms with Gasteiger partial charge in [0.1, 0.15) is 5.75 Å². The molecule has 1 N–H and O–H groups in total. The van der Waals surface area contributed by atoms with Crippen molar-refractivity contribution in [1.29, 1.82) is 0 Å². The lowest BCUT2D eigenvalue weighted by atomic mass is 10.1. The number of para-hydroxylation sites is 1. The van der Waals surface area contributed by atoms with E-state index in [0.29, 0.717) is 5.02 Å². The largest absolute Gasteiger partial charge is 0.496 e. The van der Waals surface area contributed by atoms with E-state index < -0.39 is 0 Å². The molecule has 1 atom stereocenters. The Labute approximate surface area is 118 Å². The summed E-state index contributed by atoms with van der Waals surface area (Å²) in [5.41, 5.74) is 2.02. The molecule has 0 aliphatic carbocycles. The van der Waals surface area contributed by atoms with Gasteiger partial charge in [-0.15, -0.1) is 0 Å². The quantitative estimate of drug-likeness (QED) is 0.902. The van der Waals surface area contributed by atoms with Crippen LogP contribution in [0.25, 0.3) is 0 Å². The Morgan fingerprint density at radius 1 is 1.32 bits per heavy atom. The van der Waals surface area contributed by atoms with E-state index >= 15 is 0 Å². The molecule has 4 heteroatoms. The zero-order chi connectivity index (χ0) is 13.7. The second kappa shape index (κ2) is 6.43. The van der Waals surface area contributed by atoms with Gasteiger partial charge in [0.15, 0.2) is 0 Å². The van der Waals surface area contributed by atoms with Crippen molar-refractivity contribution in [3.63, 3.8) is 0 Å². The molecule has 1 aromatic heterocycles. The molecule has 2 rings (SSSR count). The van der Waals surface area contributed by atoms with Gasteiger partial charge in [0.2, 0.25) is 0 Å². The SMILES string of the molecule is COc1ccccc1CC(C)Nc1cnccc1Cl. The summed E-state index contributed by atoms with van der Waals surface area (Å²) >= 11 is 6.10. The number of nitrogens with zero attached hydrogens (tertiary/aromatic N) is 1. The smallest absolute Gasteiger partial charge is 0.122 e. The molecule has 19 heavy (non-hydrogen) atoms. The molecule has 3 nitrogen and oxygen atoms in total. The van der Waals surface area contributed by atoms with Gasteiger partial charge in [-0.25, -0.2) is 0 Å². The number of ether oxygens (including phenoxy) is 1. The minimum absolute atomic E-state index is 0.234. The van der Waals surface area contributed by atoms with Crippen LogP contribution in [0.1, 0.15) is 12.5 Å². The van der Waals surface area contributed by atoms with Gasteiger partial charge in [0.25, 0.3) is 0 Å². The van der Waals surface area contributed by atoms with Crippen LogP contribution >= 0.6 is 11.6 Å². The molecule has 0 bridgehead atoms. The highest BCUT2D eigenvalue weighted by Crippen LogP contribution is 2.23. The third-order valence-electron chi connectivity index (χ3n) is 2.89. The molecule has 0 aliphatic rings. The Morgan fingerprint density at radius 3 is 2.84 bits per heavy atom. The molecule has 100 valence electrons. The van der Waals surface area contributed by atoms with E-state index in [1.165, 1.54) is 5.56 Å². The number of aromatic nitrogens is 1. The molecule has 0 saturated heterocycles. The van der Waals surface area contributed by atoms with E-state index in [2.05, 4.69) is 23.3 Å². The number of halogens is 1. The first-order valence-corrected chi connectivity index (χ1v) is 6.56. The Morgan fingerprint density at radius 2 is 2.11 bits per heavy atom. The number of nitrogens with one attached hydrogen (secondary N) is 1. The average Bonchev–Trinajstić information content (AvgIpc) is 2.42. The molecule has 1 heterocycles. The molecular formula is C15H17ClN2O. The van der Waals surface area contributed by atoms with Gasteiger partial charge < -0.3 is 10.1 Å². The number of benzene rings is 1. The first-order valence-electron chi connectivity index (χ1n) is 6.18. The highest BCUT2D eigenvalue weighted by atomic mass is 35.5. The van der Waals surface area contributed by atoms with Gasteiger partial charge in [-0.05, 0) is 31.0 Å². The fourth-order valence-corrected chi connectivity index (χ4v) is 2.16. The van der Waals surface area contributed by atoms with Crippen molar-refractivity contribution in [3.05, 3.63) is 53.3 Å². The van der Waals surface area contributed by atoms with Crippen LogP contribution in [0, 0.1) is 0 Å². The van der Waals surface area contributed by atoms with Gasteiger partial charge in [0.05, 0.1) is 24.0 Å². The van der Waals surface area contributed by atoms with Crippen LogP contribution < -0.4 is 10.1 Å². The number of hydrogen-bond acceptors (Lipinski definition) is 3. The van der Waals surface area contributed by atoms with Crippen LogP contribution in [0.4, 0.5) is 5.69 Å². The van der Waals surface area contributed by atoms with Crippen LogP contribution in [-0.2, 0) is 6.42 Å². The summed E-state index contributed by atoms with van der Waals surface area (Å²) < 4.78 is 5.35. The molecule has 0 radical (unpaired) electrons. The van der Waals surface area contributed by atoms with E-state index in [-0.39, 0.29) is 6.04 Å². The van der Waals surface area contributed by atoms with Gasteiger partial charge >= 0.3 is 0 Å². The van der Waals surface area contributed by atoms with Gasteiger partial charge in [-0.2, -0.15) is 0 Å². The van der Waals surface area contributed by atoms with E-state index in [9.17, 15) is 0 Å². The maximum Gasteiger partial charge on any atom is 0.122 e. The summed E-state index contributed by atoms with van der Waals surface area (Å²) in [5, 5.41) is 4.04. The Kier molecular flexibility index (Phi) is 4.63. The van der Waals surface area contributed by atoms with Crippen LogP contribution in [0.3, 0.4) is 0 Å². The number of hydrogen-bond donors (Lipinski definition) is 1. The zero-order valence-corrected chi connectivity index (χ0v) is 11.8. The molecule has 0 aliphatic heterocycles. The second-order valence-electron chi connectivity index (χ2n) is 4.42. The van der Waals surface area contributed by atoms with E-state index in [1.54, 1.807) is 25.6 Å². The molecule has 1 aromatic carbocycles. The predicted molar refractivity (Wildman–Crippen MR) is 79.0 cm³/mol. The lowest BCUT2D eigenvalue weighted by Gasteiger charge is -2.17. The molecule has 0 amide bonds. The third-order valence-corrected chi connectivity index (χ3v) is 3.22. The summed E-state index contributed by atoms with van der Waals surface area (Å²) in [6.45, 7) is 2.11. The molecule has 0 spiro atoms. The highest BCUT2D eigenvalue weighted by molar-refractivity contribution is 6.33. The van der Waals surface area contributed by atoms with Crippen molar-refractivity contribution in [2.45, 2.75) is 19.4 Å². The van der Waals surface area contributed by atoms with Gasteiger partial charge in [-0.3, -0.25) is 4.98 Å². The Hall–Kier alpha value is -1.74. The maximum atomic E-state index is 6.10.